The smallest absolute Gasteiger partial charge is 0.270 e. The van der Waals surface area contributed by atoms with E-state index in [1.807, 2.05) is 0 Å². The van der Waals surface area contributed by atoms with E-state index in [1.165, 1.54) is 38.7 Å². The molecule has 28 heavy (non-hydrogen) atoms. The third-order valence-corrected chi connectivity index (χ3v) is 5.47. The quantitative estimate of drug-likeness (QED) is 0.792. The molecule has 0 aliphatic carbocycles. The number of aromatic nitrogens is 1. The van der Waals surface area contributed by atoms with Crippen LogP contribution in [0.2, 0.25) is 0 Å². The van der Waals surface area contributed by atoms with Gasteiger partial charge in [0.2, 0.25) is 11.7 Å². The summed E-state index contributed by atoms with van der Waals surface area (Å²) in [6, 6.07) is 6.74. The lowest BCUT2D eigenvalue weighted by atomic mass is 10.1. The molecule has 0 bridgehead atoms. The zero-order valence-corrected chi connectivity index (χ0v) is 16.6. The molecule has 1 aliphatic heterocycles. The highest BCUT2D eigenvalue weighted by Gasteiger charge is 2.33. The van der Waals surface area contributed by atoms with Crippen LogP contribution in [-0.4, -0.2) is 48.9 Å². The Kier molecular flexibility index (Phi) is 6.25. The Balaban J connectivity index is 1.94. The molecule has 8 nitrogen and oxygen atoms in total. The van der Waals surface area contributed by atoms with Crippen LogP contribution in [0, 0.1) is 0 Å². The molecule has 2 aromatic rings. The SMILES string of the molecule is COc1cc(C2SCCC(=O)N2NC(=O)c2ccncc2)cc(OC)c1OC. The van der Waals surface area contributed by atoms with Crippen LogP contribution in [0.4, 0.5) is 0 Å². The van der Waals surface area contributed by atoms with Crippen molar-refractivity contribution < 1.29 is 23.8 Å². The lowest BCUT2D eigenvalue weighted by molar-refractivity contribution is -0.134. The molecule has 148 valence electrons. The van der Waals surface area contributed by atoms with E-state index in [9.17, 15) is 9.59 Å². The second-order valence-electron chi connectivity index (χ2n) is 5.87. The monoisotopic (exact) mass is 403 g/mol. The average molecular weight is 403 g/mol. The van der Waals surface area contributed by atoms with Crippen molar-refractivity contribution in [1.82, 2.24) is 15.4 Å². The third kappa shape index (κ3) is 3.99. The largest absolute Gasteiger partial charge is 0.493 e. The van der Waals surface area contributed by atoms with Gasteiger partial charge in [0.1, 0.15) is 5.37 Å². The number of hydrogen-bond acceptors (Lipinski definition) is 7. The summed E-state index contributed by atoms with van der Waals surface area (Å²) in [5.41, 5.74) is 3.89. The van der Waals surface area contributed by atoms with Crippen molar-refractivity contribution in [3.8, 4) is 17.2 Å². The first-order valence-corrected chi connectivity index (χ1v) is 9.58. The van der Waals surface area contributed by atoms with Crippen LogP contribution in [0.15, 0.2) is 36.7 Å². The van der Waals surface area contributed by atoms with Crippen LogP contribution in [0.25, 0.3) is 0 Å². The van der Waals surface area contributed by atoms with Gasteiger partial charge in [-0.2, -0.15) is 0 Å². The molecule has 1 atom stereocenters. The molecule has 9 heteroatoms. The summed E-state index contributed by atoms with van der Waals surface area (Å²) in [5.74, 6) is 1.53. The second kappa shape index (κ2) is 8.83. The molecule has 1 aromatic heterocycles. The molecule has 1 N–H and O–H groups in total. The lowest BCUT2D eigenvalue weighted by Gasteiger charge is -2.35. The molecule has 0 spiro atoms. The van der Waals surface area contributed by atoms with E-state index in [2.05, 4.69) is 10.4 Å². The Morgan fingerprint density at radius 2 is 1.79 bits per heavy atom. The molecule has 2 amide bonds. The second-order valence-corrected chi connectivity index (χ2v) is 7.06. The highest BCUT2D eigenvalue weighted by atomic mass is 32.2. The van der Waals surface area contributed by atoms with E-state index < -0.39 is 5.37 Å². The summed E-state index contributed by atoms with van der Waals surface area (Å²) in [6.07, 6.45) is 3.39. The predicted octanol–water partition coefficient (Wildman–Crippen LogP) is 2.42. The van der Waals surface area contributed by atoms with Gasteiger partial charge in [0.25, 0.3) is 5.91 Å². The molecule has 1 aliphatic rings. The fourth-order valence-electron chi connectivity index (χ4n) is 2.87. The zero-order valence-electron chi connectivity index (χ0n) is 15.8. The van der Waals surface area contributed by atoms with Gasteiger partial charge in [0.15, 0.2) is 11.5 Å². The minimum atomic E-state index is -0.430. The number of benzene rings is 1. The molecule has 1 unspecified atom stereocenters. The summed E-state index contributed by atoms with van der Waals surface area (Å²) >= 11 is 1.54. The highest BCUT2D eigenvalue weighted by Crippen LogP contribution is 2.44. The number of rotatable bonds is 6. The molecule has 1 aromatic carbocycles. The van der Waals surface area contributed by atoms with Gasteiger partial charge in [-0.05, 0) is 29.8 Å². The maximum Gasteiger partial charge on any atom is 0.270 e. The van der Waals surface area contributed by atoms with E-state index in [1.54, 1.807) is 36.0 Å². The first kappa shape index (κ1) is 19.8. The molecule has 3 rings (SSSR count). The summed E-state index contributed by atoms with van der Waals surface area (Å²) < 4.78 is 16.2. The molecule has 0 radical (unpaired) electrons. The number of nitrogens with one attached hydrogen (secondary N) is 1. The van der Waals surface area contributed by atoms with Gasteiger partial charge in [-0.25, -0.2) is 5.01 Å². The molecule has 1 fully saturated rings. The van der Waals surface area contributed by atoms with Crippen molar-refractivity contribution in [2.45, 2.75) is 11.8 Å². The lowest BCUT2D eigenvalue weighted by Crippen LogP contribution is -2.49. The number of methoxy groups -OCH3 is 3. The summed E-state index contributed by atoms with van der Waals surface area (Å²) in [7, 11) is 4.59. The van der Waals surface area contributed by atoms with Crippen molar-refractivity contribution in [1.29, 1.82) is 0 Å². The van der Waals surface area contributed by atoms with Crippen LogP contribution >= 0.6 is 11.8 Å². The number of carbonyl (C=O) groups is 2. The van der Waals surface area contributed by atoms with Crippen LogP contribution in [0.1, 0.15) is 27.7 Å². The molecule has 1 saturated heterocycles. The van der Waals surface area contributed by atoms with Crippen LogP contribution in [0.3, 0.4) is 0 Å². The van der Waals surface area contributed by atoms with E-state index >= 15 is 0 Å². The standard InChI is InChI=1S/C19H21N3O5S/c1-25-14-10-13(11-15(26-2)17(14)27-3)19-22(16(23)6-9-28-19)21-18(24)12-4-7-20-8-5-12/h4-5,7-8,10-11,19H,6,9H2,1-3H3,(H,21,24). The third-order valence-electron chi connectivity index (χ3n) is 4.23. The maximum absolute atomic E-state index is 12.6. The molecular weight excluding hydrogens is 382 g/mol. The first-order valence-electron chi connectivity index (χ1n) is 8.53. The number of amides is 2. The van der Waals surface area contributed by atoms with Gasteiger partial charge in [0.05, 0.1) is 21.3 Å². The van der Waals surface area contributed by atoms with Gasteiger partial charge in [-0.15, -0.1) is 11.8 Å². The minimum Gasteiger partial charge on any atom is -0.493 e. The van der Waals surface area contributed by atoms with Crippen LogP contribution < -0.4 is 19.6 Å². The summed E-state index contributed by atoms with van der Waals surface area (Å²) in [5, 5.41) is 0.929. The molecular formula is C19H21N3O5S. The van der Waals surface area contributed by atoms with Crippen molar-refractivity contribution in [3.63, 3.8) is 0 Å². The van der Waals surface area contributed by atoms with Crippen molar-refractivity contribution in [2.24, 2.45) is 0 Å². The van der Waals surface area contributed by atoms with Gasteiger partial charge in [-0.1, -0.05) is 0 Å². The number of ether oxygens (including phenoxy) is 3. The summed E-state index contributed by atoms with van der Waals surface area (Å²) in [4.78, 5) is 29.0. The van der Waals surface area contributed by atoms with E-state index in [4.69, 9.17) is 14.2 Å². The van der Waals surface area contributed by atoms with Gasteiger partial charge < -0.3 is 14.2 Å². The highest BCUT2D eigenvalue weighted by molar-refractivity contribution is 7.99. The Bertz CT molecular complexity index is 837. The fourth-order valence-corrected chi connectivity index (χ4v) is 4.03. The van der Waals surface area contributed by atoms with E-state index in [-0.39, 0.29) is 11.8 Å². The Labute approximate surface area is 167 Å². The van der Waals surface area contributed by atoms with Gasteiger partial charge in [-0.3, -0.25) is 20.0 Å². The summed E-state index contributed by atoms with van der Waals surface area (Å²) in [6.45, 7) is 0. The first-order chi connectivity index (χ1) is 13.6. The van der Waals surface area contributed by atoms with Gasteiger partial charge in [0, 0.05) is 30.1 Å². The number of thioether (sulfide) groups is 1. The van der Waals surface area contributed by atoms with E-state index in [0.29, 0.717) is 35.0 Å². The predicted molar refractivity (Wildman–Crippen MR) is 104 cm³/mol. The maximum atomic E-state index is 12.6. The van der Waals surface area contributed by atoms with Crippen LogP contribution in [0.5, 0.6) is 17.2 Å². The Hall–Kier alpha value is -2.94. The van der Waals surface area contributed by atoms with Crippen molar-refractivity contribution in [2.75, 3.05) is 27.1 Å². The normalized spacial score (nSPS) is 16.5. The Morgan fingerprint density at radius 1 is 1.14 bits per heavy atom. The molecule has 0 saturated carbocycles. The van der Waals surface area contributed by atoms with Crippen LogP contribution in [-0.2, 0) is 4.79 Å². The Morgan fingerprint density at radius 3 is 2.36 bits per heavy atom. The average Bonchev–Trinajstić information content (AvgIpc) is 2.74. The number of carbonyl (C=O) groups excluding carboxylic acids is 2. The van der Waals surface area contributed by atoms with Gasteiger partial charge >= 0.3 is 0 Å². The fraction of sp³-hybridized carbons (Fsp3) is 0.316. The molecule has 2 heterocycles. The number of hydrogen-bond donors (Lipinski definition) is 1. The van der Waals surface area contributed by atoms with Crippen molar-refractivity contribution in [3.05, 3.63) is 47.8 Å². The topological polar surface area (TPSA) is 90.0 Å². The van der Waals surface area contributed by atoms with E-state index in [0.717, 1.165) is 5.56 Å². The number of hydrazine groups is 1. The number of pyridine rings is 1. The minimum absolute atomic E-state index is 0.167. The van der Waals surface area contributed by atoms with Crippen molar-refractivity contribution >= 4 is 23.6 Å². The number of nitrogens with zero attached hydrogens (tertiary/aromatic N) is 2. The zero-order chi connectivity index (χ0) is 20.1.